The summed E-state index contributed by atoms with van der Waals surface area (Å²) in [6, 6.07) is 13.2. The van der Waals surface area contributed by atoms with Crippen LogP contribution in [0.25, 0.3) is 0 Å². The van der Waals surface area contributed by atoms with Crippen LogP contribution in [-0.2, 0) is 6.42 Å². The summed E-state index contributed by atoms with van der Waals surface area (Å²) in [4.78, 5) is 17.1. The maximum atomic E-state index is 12.8. The zero-order valence-electron chi connectivity index (χ0n) is 17.1. The van der Waals surface area contributed by atoms with Crippen LogP contribution < -0.4 is 20.1 Å². The number of hydrogen-bond donors (Lipinski definition) is 2. The van der Waals surface area contributed by atoms with E-state index in [9.17, 15) is 4.79 Å². The molecule has 3 rings (SSSR count). The lowest BCUT2D eigenvalue weighted by Gasteiger charge is -2.14. The molecule has 0 saturated carbocycles. The van der Waals surface area contributed by atoms with Crippen LogP contribution in [0.2, 0.25) is 0 Å². The summed E-state index contributed by atoms with van der Waals surface area (Å²) >= 11 is 0. The van der Waals surface area contributed by atoms with Crippen LogP contribution >= 0.6 is 0 Å². The van der Waals surface area contributed by atoms with Crippen molar-refractivity contribution in [3.8, 4) is 11.5 Å². The van der Waals surface area contributed by atoms with E-state index in [1.54, 1.807) is 32.7 Å². The maximum Gasteiger partial charge on any atom is 0.257 e. The predicted octanol–water partition coefficient (Wildman–Crippen LogP) is 4.97. The number of para-hydroxylation sites is 1. The molecule has 2 aromatic carbocycles. The van der Waals surface area contributed by atoms with Crippen LogP contribution in [0.4, 0.5) is 17.1 Å². The number of anilines is 3. The molecule has 0 radical (unpaired) electrons. The number of amides is 1. The van der Waals surface area contributed by atoms with Crippen LogP contribution in [0.1, 0.15) is 28.4 Å². The molecular formula is C23H25N3O3. The molecule has 150 valence electrons. The van der Waals surface area contributed by atoms with Crippen LogP contribution in [0.5, 0.6) is 11.5 Å². The number of nitrogens with one attached hydrogen (secondary N) is 2. The molecular weight excluding hydrogens is 366 g/mol. The Morgan fingerprint density at radius 1 is 1.07 bits per heavy atom. The quantitative estimate of drug-likeness (QED) is 0.595. The minimum atomic E-state index is -0.206. The number of nitrogens with zero attached hydrogens (tertiary/aromatic N) is 1. The van der Waals surface area contributed by atoms with Gasteiger partial charge in [-0.15, -0.1) is 0 Å². The van der Waals surface area contributed by atoms with Gasteiger partial charge in [-0.05, 0) is 42.7 Å². The maximum absolute atomic E-state index is 12.8. The van der Waals surface area contributed by atoms with Gasteiger partial charge in [0.15, 0.2) is 0 Å². The van der Waals surface area contributed by atoms with Crippen molar-refractivity contribution in [3.05, 3.63) is 71.5 Å². The summed E-state index contributed by atoms with van der Waals surface area (Å²) in [6.45, 7) is 4.05. The third-order valence-electron chi connectivity index (χ3n) is 4.66. The first kappa shape index (κ1) is 20.2. The Hall–Kier alpha value is -3.54. The lowest BCUT2D eigenvalue weighted by atomic mass is 10.1. The molecule has 0 unspecified atom stereocenters. The topological polar surface area (TPSA) is 72.5 Å². The van der Waals surface area contributed by atoms with E-state index < -0.39 is 0 Å². The van der Waals surface area contributed by atoms with E-state index in [2.05, 4.69) is 22.5 Å². The van der Waals surface area contributed by atoms with E-state index in [1.807, 2.05) is 43.3 Å². The summed E-state index contributed by atoms with van der Waals surface area (Å²) in [5, 5.41) is 6.27. The van der Waals surface area contributed by atoms with Crippen molar-refractivity contribution in [1.29, 1.82) is 0 Å². The van der Waals surface area contributed by atoms with Gasteiger partial charge in [0.1, 0.15) is 11.5 Å². The Morgan fingerprint density at radius 3 is 2.62 bits per heavy atom. The summed E-state index contributed by atoms with van der Waals surface area (Å²) in [7, 11) is 3.21. The number of aryl methyl sites for hydroxylation is 2. The smallest absolute Gasteiger partial charge is 0.257 e. The van der Waals surface area contributed by atoms with E-state index in [-0.39, 0.29) is 5.91 Å². The van der Waals surface area contributed by atoms with Gasteiger partial charge in [0.05, 0.1) is 37.4 Å². The van der Waals surface area contributed by atoms with Crippen molar-refractivity contribution in [2.24, 2.45) is 0 Å². The lowest BCUT2D eigenvalue weighted by molar-refractivity contribution is 0.102. The van der Waals surface area contributed by atoms with Crippen LogP contribution in [0.15, 0.2) is 54.9 Å². The third-order valence-corrected chi connectivity index (χ3v) is 4.66. The van der Waals surface area contributed by atoms with Gasteiger partial charge < -0.3 is 20.1 Å². The molecule has 0 aliphatic carbocycles. The van der Waals surface area contributed by atoms with Gasteiger partial charge in [-0.2, -0.15) is 0 Å². The zero-order chi connectivity index (χ0) is 20.8. The molecule has 0 atom stereocenters. The Balaban J connectivity index is 1.84. The number of rotatable bonds is 7. The first-order valence-electron chi connectivity index (χ1n) is 9.39. The number of carbonyl (C=O) groups is 1. The average Bonchev–Trinajstić information content (AvgIpc) is 2.75. The van der Waals surface area contributed by atoms with Crippen molar-refractivity contribution >= 4 is 23.0 Å². The molecule has 0 saturated heterocycles. The van der Waals surface area contributed by atoms with Gasteiger partial charge in [0.25, 0.3) is 5.91 Å². The van der Waals surface area contributed by atoms with E-state index in [0.717, 1.165) is 28.9 Å². The summed E-state index contributed by atoms with van der Waals surface area (Å²) < 4.78 is 10.7. The lowest BCUT2D eigenvalue weighted by Crippen LogP contribution is -2.15. The number of ether oxygens (including phenoxy) is 2. The second-order valence-electron chi connectivity index (χ2n) is 6.57. The van der Waals surface area contributed by atoms with Crippen LogP contribution in [0, 0.1) is 6.92 Å². The van der Waals surface area contributed by atoms with E-state index in [4.69, 9.17) is 9.47 Å². The number of pyridine rings is 1. The van der Waals surface area contributed by atoms with Crippen molar-refractivity contribution in [2.75, 3.05) is 24.9 Å². The highest BCUT2D eigenvalue weighted by molar-refractivity contribution is 6.05. The first-order valence-corrected chi connectivity index (χ1v) is 9.39. The number of benzene rings is 2. The SMILES string of the molecule is CCc1cccc(C)c1NC(=O)c1cncc(Nc2cc(OC)ccc2OC)c1. The summed E-state index contributed by atoms with van der Waals surface area (Å²) in [6.07, 6.45) is 4.04. The standard InChI is InChI=1S/C23H25N3O3/c1-5-16-8-6-7-15(2)22(16)26-23(27)17-11-18(14-24-13-17)25-20-12-19(28-3)9-10-21(20)29-4/h6-14,25H,5H2,1-4H3,(H,26,27). The van der Waals surface area contributed by atoms with Crippen molar-refractivity contribution < 1.29 is 14.3 Å². The fourth-order valence-corrected chi connectivity index (χ4v) is 3.09. The normalized spacial score (nSPS) is 10.3. The second kappa shape index (κ2) is 9.10. The highest BCUT2D eigenvalue weighted by Crippen LogP contribution is 2.31. The Morgan fingerprint density at radius 2 is 1.90 bits per heavy atom. The van der Waals surface area contributed by atoms with Gasteiger partial charge in [-0.1, -0.05) is 25.1 Å². The molecule has 1 amide bonds. The van der Waals surface area contributed by atoms with Gasteiger partial charge in [-0.3, -0.25) is 9.78 Å². The summed E-state index contributed by atoms with van der Waals surface area (Å²) in [5.74, 6) is 1.15. The molecule has 0 fully saturated rings. The number of hydrogen-bond acceptors (Lipinski definition) is 5. The molecule has 0 bridgehead atoms. The van der Waals surface area contributed by atoms with Crippen molar-refractivity contribution in [3.63, 3.8) is 0 Å². The first-order chi connectivity index (χ1) is 14.0. The molecule has 6 heteroatoms. The molecule has 2 N–H and O–H groups in total. The Labute approximate surface area is 170 Å². The van der Waals surface area contributed by atoms with Gasteiger partial charge >= 0.3 is 0 Å². The van der Waals surface area contributed by atoms with E-state index in [0.29, 0.717) is 22.7 Å². The second-order valence-corrected chi connectivity index (χ2v) is 6.57. The van der Waals surface area contributed by atoms with E-state index >= 15 is 0 Å². The molecule has 1 heterocycles. The zero-order valence-corrected chi connectivity index (χ0v) is 17.1. The van der Waals surface area contributed by atoms with Gasteiger partial charge in [0, 0.05) is 18.0 Å². The Kier molecular flexibility index (Phi) is 6.34. The molecule has 0 aliphatic rings. The third kappa shape index (κ3) is 4.66. The molecule has 0 spiro atoms. The summed E-state index contributed by atoms with van der Waals surface area (Å²) in [5.41, 5.74) is 4.83. The monoisotopic (exact) mass is 391 g/mol. The van der Waals surface area contributed by atoms with Crippen LogP contribution in [-0.4, -0.2) is 25.1 Å². The minimum absolute atomic E-state index is 0.206. The highest BCUT2D eigenvalue weighted by Gasteiger charge is 2.13. The molecule has 1 aromatic heterocycles. The number of methoxy groups -OCH3 is 2. The molecule has 29 heavy (non-hydrogen) atoms. The highest BCUT2D eigenvalue weighted by atomic mass is 16.5. The fraction of sp³-hybridized carbons (Fsp3) is 0.217. The van der Waals surface area contributed by atoms with Gasteiger partial charge in [0.2, 0.25) is 0 Å². The average molecular weight is 391 g/mol. The number of carbonyl (C=O) groups excluding carboxylic acids is 1. The van der Waals surface area contributed by atoms with Crippen molar-refractivity contribution in [2.45, 2.75) is 20.3 Å². The molecule has 3 aromatic rings. The fourth-order valence-electron chi connectivity index (χ4n) is 3.09. The van der Waals surface area contributed by atoms with Crippen molar-refractivity contribution in [1.82, 2.24) is 4.98 Å². The van der Waals surface area contributed by atoms with Crippen LogP contribution in [0.3, 0.4) is 0 Å². The van der Waals surface area contributed by atoms with Gasteiger partial charge in [-0.25, -0.2) is 0 Å². The number of aromatic nitrogens is 1. The molecule has 0 aliphatic heterocycles. The minimum Gasteiger partial charge on any atom is -0.497 e. The Bertz CT molecular complexity index is 1020. The molecule has 6 nitrogen and oxygen atoms in total. The largest absolute Gasteiger partial charge is 0.497 e. The van der Waals surface area contributed by atoms with E-state index in [1.165, 1.54) is 0 Å². The predicted molar refractivity (Wildman–Crippen MR) is 116 cm³/mol.